The summed E-state index contributed by atoms with van der Waals surface area (Å²) >= 11 is 0. The van der Waals surface area contributed by atoms with E-state index in [1.165, 1.54) is 5.56 Å². The number of hydrogen-bond acceptors (Lipinski definition) is 3. The second-order valence-electron chi connectivity index (χ2n) is 5.27. The number of nitrogens with one attached hydrogen (secondary N) is 1. The van der Waals surface area contributed by atoms with Crippen molar-refractivity contribution >= 4 is 5.69 Å². The van der Waals surface area contributed by atoms with Crippen LogP contribution in [0.15, 0.2) is 48.5 Å². The van der Waals surface area contributed by atoms with E-state index < -0.39 is 0 Å². The quantitative estimate of drug-likeness (QED) is 0.768. The summed E-state index contributed by atoms with van der Waals surface area (Å²) in [5.41, 5.74) is 2.22. The van der Waals surface area contributed by atoms with E-state index in [0.717, 1.165) is 30.2 Å². The van der Waals surface area contributed by atoms with Crippen LogP contribution in [0.2, 0.25) is 0 Å². The van der Waals surface area contributed by atoms with E-state index in [9.17, 15) is 0 Å². The van der Waals surface area contributed by atoms with Gasteiger partial charge in [-0.1, -0.05) is 31.2 Å². The zero-order chi connectivity index (χ0) is 15.8. The fourth-order valence-electron chi connectivity index (χ4n) is 2.27. The van der Waals surface area contributed by atoms with Crippen molar-refractivity contribution in [3.05, 3.63) is 54.1 Å². The summed E-state index contributed by atoms with van der Waals surface area (Å²) in [4.78, 5) is 0. The van der Waals surface area contributed by atoms with Crippen LogP contribution in [-0.4, -0.2) is 19.3 Å². The van der Waals surface area contributed by atoms with Gasteiger partial charge in [-0.15, -0.1) is 0 Å². The minimum atomic E-state index is 0.122. The SMILES string of the molecule is CCOc1ccccc1NC[C@@H](CC)Oc1cccc(C)c1. The van der Waals surface area contributed by atoms with E-state index in [1.807, 2.05) is 43.3 Å². The van der Waals surface area contributed by atoms with Crippen LogP contribution in [0.3, 0.4) is 0 Å². The highest BCUT2D eigenvalue weighted by Crippen LogP contribution is 2.24. The molecule has 0 aliphatic heterocycles. The summed E-state index contributed by atoms with van der Waals surface area (Å²) in [6.45, 7) is 7.61. The standard InChI is InChI=1S/C19H25NO2/c1-4-16(22-17-10-8-9-15(3)13-17)14-20-18-11-6-7-12-19(18)21-5-2/h6-13,16,20H,4-5,14H2,1-3H3/t16-/m1/s1. The number of aryl methyl sites for hydroxylation is 1. The molecule has 0 spiro atoms. The van der Waals surface area contributed by atoms with Crippen molar-refractivity contribution in [2.45, 2.75) is 33.3 Å². The van der Waals surface area contributed by atoms with Crippen LogP contribution in [0.5, 0.6) is 11.5 Å². The van der Waals surface area contributed by atoms with Gasteiger partial charge >= 0.3 is 0 Å². The maximum atomic E-state index is 6.06. The lowest BCUT2D eigenvalue weighted by Crippen LogP contribution is -2.25. The zero-order valence-corrected chi connectivity index (χ0v) is 13.6. The summed E-state index contributed by atoms with van der Waals surface area (Å²) in [5.74, 6) is 1.81. The monoisotopic (exact) mass is 299 g/mol. The van der Waals surface area contributed by atoms with E-state index in [4.69, 9.17) is 9.47 Å². The maximum Gasteiger partial charge on any atom is 0.142 e. The van der Waals surface area contributed by atoms with Gasteiger partial charge in [0.1, 0.15) is 17.6 Å². The maximum absolute atomic E-state index is 6.06. The van der Waals surface area contributed by atoms with E-state index in [-0.39, 0.29) is 6.10 Å². The molecular formula is C19H25NO2. The summed E-state index contributed by atoms with van der Waals surface area (Å²) in [6, 6.07) is 16.2. The Kier molecular flexibility index (Phi) is 6.13. The lowest BCUT2D eigenvalue weighted by Gasteiger charge is -2.20. The van der Waals surface area contributed by atoms with Crippen LogP contribution in [-0.2, 0) is 0 Å². The minimum Gasteiger partial charge on any atom is -0.492 e. The van der Waals surface area contributed by atoms with Gasteiger partial charge < -0.3 is 14.8 Å². The molecule has 0 aliphatic rings. The minimum absolute atomic E-state index is 0.122. The molecule has 0 unspecified atom stereocenters. The van der Waals surface area contributed by atoms with Gasteiger partial charge in [-0.2, -0.15) is 0 Å². The predicted molar refractivity (Wildman–Crippen MR) is 92.0 cm³/mol. The number of benzene rings is 2. The first-order valence-electron chi connectivity index (χ1n) is 7.92. The van der Waals surface area contributed by atoms with E-state index >= 15 is 0 Å². The second-order valence-corrected chi connectivity index (χ2v) is 5.27. The van der Waals surface area contributed by atoms with Crippen LogP contribution in [0.1, 0.15) is 25.8 Å². The Hall–Kier alpha value is -2.16. The predicted octanol–water partition coefficient (Wildman–Crippen LogP) is 4.66. The number of para-hydroxylation sites is 2. The molecule has 1 N–H and O–H groups in total. The third kappa shape index (κ3) is 4.69. The molecule has 2 aromatic rings. The molecule has 2 aromatic carbocycles. The summed E-state index contributed by atoms with van der Waals surface area (Å²) in [6.07, 6.45) is 1.06. The normalized spacial score (nSPS) is 11.8. The Morgan fingerprint density at radius 1 is 1.05 bits per heavy atom. The third-order valence-corrected chi connectivity index (χ3v) is 3.45. The van der Waals surface area contributed by atoms with Gasteiger partial charge in [0.15, 0.2) is 0 Å². The number of hydrogen-bond donors (Lipinski definition) is 1. The molecule has 0 aliphatic carbocycles. The molecule has 1 atom stereocenters. The molecule has 22 heavy (non-hydrogen) atoms. The smallest absolute Gasteiger partial charge is 0.142 e. The van der Waals surface area contributed by atoms with Crippen LogP contribution >= 0.6 is 0 Å². The Morgan fingerprint density at radius 2 is 1.86 bits per heavy atom. The molecule has 3 nitrogen and oxygen atoms in total. The van der Waals surface area contributed by atoms with Gasteiger partial charge in [-0.05, 0) is 50.1 Å². The second kappa shape index (κ2) is 8.32. The highest BCUT2D eigenvalue weighted by atomic mass is 16.5. The lowest BCUT2D eigenvalue weighted by atomic mass is 10.2. The highest BCUT2D eigenvalue weighted by molar-refractivity contribution is 5.56. The third-order valence-electron chi connectivity index (χ3n) is 3.45. The van der Waals surface area contributed by atoms with Crippen molar-refractivity contribution in [3.63, 3.8) is 0 Å². The van der Waals surface area contributed by atoms with Crippen molar-refractivity contribution in [1.29, 1.82) is 0 Å². The lowest BCUT2D eigenvalue weighted by molar-refractivity contribution is 0.210. The fraction of sp³-hybridized carbons (Fsp3) is 0.368. The van der Waals surface area contributed by atoms with Crippen molar-refractivity contribution in [2.24, 2.45) is 0 Å². The van der Waals surface area contributed by atoms with Crippen molar-refractivity contribution in [3.8, 4) is 11.5 Å². The molecule has 0 fully saturated rings. The van der Waals surface area contributed by atoms with Crippen LogP contribution in [0.25, 0.3) is 0 Å². The summed E-state index contributed by atoms with van der Waals surface area (Å²) in [5, 5.41) is 3.43. The van der Waals surface area contributed by atoms with E-state index in [1.54, 1.807) is 0 Å². The molecule has 0 heterocycles. The molecule has 0 amide bonds. The topological polar surface area (TPSA) is 30.5 Å². The van der Waals surface area contributed by atoms with Gasteiger partial charge in [-0.25, -0.2) is 0 Å². The van der Waals surface area contributed by atoms with Gasteiger partial charge in [0, 0.05) is 0 Å². The Balaban J connectivity index is 1.96. The van der Waals surface area contributed by atoms with Gasteiger partial charge in [0.05, 0.1) is 18.8 Å². The van der Waals surface area contributed by atoms with Crippen LogP contribution in [0, 0.1) is 6.92 Å². The Labute approximate surface area is 133 Å². The van der Waals surface area contributed by atoms with Gasteiger partial charge in [-0.3, -0.25) is 0 Å². The molecular weight excluding hydrogens is 274 g/mol. The van der Waals surface area contributed by atoms with Gasteiger partial charge in [0.25, 0.3) is 0 Å². The molecule has 0 radical (unpaired) electrons. The molecule has 0 aromatic heterocycles. The van der Waals surface area contributed by atoms with Crippen LogP contribution in [0.4, 0.5) is 5.69 Å². The molecule has 3 heteroatoms. The first-order valence-corrected chi connectivity index (χ1v) is 7.92. The Bertz CT molecular complexity index is 583. The van der Waals surface area contributed by atoms with E-state index in [2.05, 4.69) is 31.3 Å². The number of anilines is 1. The average molecular weight is 299 g/mol. The molecule has 118 valence electrons. The van der Waals surface area contributed by atoms with Gasteiger partial charge in [0.2, 0.25) is 0 Å². The van der Waals surface area contributed by atoms with Crippen molar-refractivity contribution < 1.29 is 9.47 Å². The average Bonchev–Trinajstić information content (AvgIpc) is 2.53. The first kappa shape index (κ1) is 16.2. The number of ether oxygens (including phenoxy) is 2. The van der Waals surface area contributed by atoms with E-state index in [0.29, 0.717) is 6.61 Å². The number of rotatable bonds is 8. The zero-order valence-electron chi connectivity index (χ0n) is 13.6. The Morgan fingerprint density at radius 3 is 2.59 bits per heavy atom. The summed E-state index contributed by atoms with van der Waals surface area (Å²) in [7, 11) is 0. The first-order chi connectivity index (χ1) is 10.7. The fourth-order valence-corrected chi connectivity index (χ4v) is 2.27. The largest absolute Gasteiger partial charge is 0.492 e. The highest BCUT2D eigenvalue weighted by Gasteiger charge is 2.10. The van der Waals surface area contributed by atoms with Crippen molar-refractivity contribution in [2.75, 3.05) is 18.5 Å². The molecule has 0 saturated heterocycles. The summed E-state index contributed by atoms with van der Waals surface area (Å²) < 4.78 is 11.7. The van der Waals surface area contributed by atoms with Crippen molar-refractivity contribution in [1.82, 2.24) is 0 Å². The molecule has 0 saturated carbocycles. The van der Waals surface area contributed by atoms with Crippen LogP contribution < -0.4 is 14.8 Å². The molecule has 0 bridgehead atoms. The molecule has 2 rings (SSSR count).